The van der Waals surface area contributed by atoms with Gasteiger partial charge in [0.15, 0.2) is 0 Å². The van der Waals surface area contributed by atoms with E-state index in [9.17, 15) is 0 Å². The average molecular weight is 170 g/mol. The average Bonchev–Trinajstić information content (AvgIpc) is 2.63. The van der Waals surface area contributed by atoms with Crippen molar-refractivity contribution in [2.24, 2.45) is 0 Å². The molecule has 64 valence electrons. The lowest BCUT2D eigenvalue weighted by atomic mass is 10.0. The Bertz CT molecular complexity index is 462. The summed E-state index contributed by atoms with van der Waals surface area (Å²) in [7, 11) is 0. The largest absolute Gasteiger partial charge is 0.345 e. The van der Waals surface area contributed by atoms with Gasteiger partial charge in [-0.25, -0.2) is 4.98 Å². The van der Waals surface area contributed by atoms with Crippen LogP contribution in [0.15, 0.2) is 24.5 Å². The molecule has 0 saturated carbocycles. The SMILES string of the molecule is C#CC(C)c1ccc2nc[nH]c2c1. The zero-order valence-electron chi connectivity index (χ0n) is 7.41. The van der Waals surface area contributed by atoms with Gasteiger partial charge in [-0.1, -0.05) is 12.0 Å². The van der Waals surface area contributed by atoms with Crippen LogP contribution in [0.25, 0.3) is 11.0 Å². The van der Waals surface area contributed by atoms with Crippen LogP contribution in [0.2, 0.25) is 0 Å². The van der Waals surface area contributed by atoms with E-state index in [-0.39, 0.29) is 5.92 Å². The maximum atomic E-state index is 5.35. The van der Waals surface area contributed by atoms with E-state index in [2.05, 4.69) is 15.9 Å². The van der Waals surface area contributed by atoms with Crippen molar-refractivity contribution in [3.05, 3.63) is 30.1 Å². The smallest absolute Gasteiger partial charge is 0.0931 e. The van der Waals surface area contributed by atoms with Gasteiger partial charge >= 0.3 is 0 Å². The first-order chi connectivity index (χ1) is 6.31. The molecular weight excluding hydrogens is 160 g/mol. The summed E-state index contributed by atoms with van der Waals surface area (Å²) in [6.45, 7) is 2.01. The van der Waals surface area contributed by atoms with E-state index in [1.165, 1.54) is 0 Å². The molecule has 1 aromatic heterocycles. The van der Waals surface area contributed by atoms with Gasteiger partial charge in [0.1, 0.15) is 0 Å². The van der Waals surface area contributed by atoms with Gasteiger partial charge in [0.25, 0.3) is 0 Å². The normalized spacial score (nSPS) is 12.6. The molecule has 0 spiro atoms. The van der Waals surface area contributed by atoms with Crippen LogP contribution < -0.4 is 0 Å². The van der Waals surface area contributed by atoms with Gasteiger partial charge in [0, 0.05) is 5.92 Å². The number of hydrogen-bond donors (Lipinski definition) is 1. The minimum absolute atomic E-state index is 0.160. The van der Waals surface area contributed by atoms with E-state index in [4.69, 9.17) is 6.42 Å². The first-order valence-corrected chi connectivity index (χ1v) is 4.20. The molecule has 1 atom stereocenters. The summed E-state index contributed by atoms with van der Waals surface area (Å²) < 4.78 is 0. The highest BCUT2D eigenvalue weighted by Crippen LogP contribution is 2.18. The van der Waals surface area contributed by atoms with Gasteiger partial charge in [-0.3, -0.25) is 0 Å². The fraction of sp³-hybridized carbons (Fsp3) is 0.182. The number of hydrogen-bond acceptors (Lipinski definition) is 1. The summed E-state index contributed by atoms with van der Waals surface area (Å²) >= 11 is 0. The summed E-state index contributed by atoms with van der Waals surface area (Å²) in [5, 5.41) is 0. The number of benzene rings is 1. The third kappa shape index (κ3) is 1.29. The molecule has 0 saturated heterocycles. The first kappa shape index (κ1) is 7.88. The number of nitrogens with one attached hydrogen (secondary N) is 1. The van der Waals surface area contributed by atoms with Crippen LogP contribution in [0.1, 0.15) is 18.4 Å². The van der Waals surface area contributed by atoms with Gasteiger partial charge in [-0.2, -0.15) is 0 Å². The molecular formula is C11H10N2. The molecule has 13 heavy (non-hydrogen) atoms. The zero-order valence-corrected chi connectivity index (χ0v) is 7.41. The number of imidazole rings is 1. The van der Waals surface area contributed by atoms with Gasteiger partial charge in [-0.15, -0.1) is 6.42 Å². The molecule has 1 unspecified atom stereocenters. The highest BCUT2D eigenvalue weighted by Gasteiger charge is 2.03. The molecule has 0 bridgehead atoms. The van der Waals surface area contributed by atoms with Crippen LogP contribution in [-0.2, 0) is 0 Å². The maximum Gasteiger partial charge on any atom is 0.0931 e. The molecule has 0 amide bonds. The van der Waals surface area contributed by atoms with Crippen molar-refractivity contribution in [3.63, 3.8) is 0 Å². The topological polar surface area (TPSA) is 28.7 Å². The van der Waals surface area contributed by atoms with E-state index in [1.54, 1.807) is 6.33 Å². The molecule has 0 aliphatic carbocycles. The van der Waals surface area contributed by atoms with Gasteiger partial charge in [-0.05, 0) is 24.6 Å². The summed E-state index contributed by atoms with van der Waals surface area (Å²) in [5.41, 5.74) is 3.17. The van der Waals surface area contributed by atoms with Crippen LogP contribution in [0.5, 0.6) is 0 Å². The van der Waals surface area contributed by atoms with Crippen LogP contribution in [0.4, 0.5) is 0 Å². The maximum absolute atomic E-state index is 5.35. The molecule has 0 aliphatic rings. The lowest BCUT2D eigenvalue weighted by molar-refractivity contribution is 1.01. The van der Waals surface area contributed by atoms with Gasteiger partial charge in [0.05, 0.1) is 17.4 Å². The Labute approximate surface area is 77.0 Å². The second kappa shape index (κ2) is 2.95. The Kier molecular flexibility index (Phi) is 1.79. The molecule has 1 N–H and O–H groups in total. The van der Waals surface area contributed by atoms with E-state index >= 15 is 0 Å². The Balaban J connectivity index is 2.55. The molecule has 2 heteroatoms. The Morgan fingerprint density at radius 2 is 2.38 bits per heavy atom. The van der Waals surface area contributed by atoms with E-state index in [0.717, 1.165) is 16.6 Å². The highest BCUT2D eigenvalue weighted by molar-refractivity contribution is 5.75. The van der Waals surface area contributed by atoms with Crippen molar-refractivity contribution in [2.45, 2.75) is 12.8 Å². The number of aromatic amines is 1. The summed E-state index contributed by atoms with van der Waals surface area (Å²) in [6, 6.07) is 6.05. The van der Waals surface area contributed by atoms with E-state index in [1.807, 2.05) is 25.1 Å². The second-order valence-electron chi connectivity index (χ2n) is 3.07. The first-order valence-electron chi connectivity index (χ1n) is 4.20. The lowest BCUT2D eigenvalue weighted by Crippen LogP contribution is -1.88. The van der Waals surface area contributed by atoms with Crippen LogP contribution in [0, 0.1) is 12.3 Å². The van der Waals surface area contributed by atoms with Crippen molar-refractivity contribution in [2.75, 3.05) is 0 Å². The molecule has 0 radical (unpaired) electrons. The molecule has 2 rings (SSSR count). The Hall–Kier alpha value is -1.75. The lowest BCUT2D eigenvalue weighted by Gasteiger charge is -2.02. The zero-order chi connectivity index (χ0) is 9.26. The standard InChI is InChI=1S/C11H10N2/c1-3-8(2)9-4-5-10-11(6-9)13-7-12-10/h1,4-8H,2H3,(H,12,13). The summed E-state index contributed by atoms with van der Waals surface area (Å²) in [4.78, 5) is 7.20. The Morgan fingerprint density at radius 1 is 1.54 bits per heavy atom. The fourth-order valence-corrected chi connectivity index (χ4v) is 1.32. The van der Waals surface area contributed by atoms with Crippen molar-refractivity contribution < 1.29 is 0 Å². The Morgan fingerprint density at radius 3 is 3.15 bits per heavy atom. The molecule has 2 nitrogen and oxygen atoms in total. The minimum Gasteiger partial charge on any atom is -0.345 e. The minimum atomic E-state index is 0.160. The quantitative estimate of drug-likeness (QED) is 0.653. The summed E-state index contributed by atoms with van der Waals surface area (Å²) in [6.07, 6.45) is 7.04. The number of terminal acetylenes is 1. The monoisotopic (exact) mass is 170 g/mol. The van der Waals surface area contributed by atoms with E-state index < -0.39 is 0 Å². The highest BCUT2D eigenvalue weighted by atomic mass is 14.9. The van der Waals surface area contributed by atoms with E-state index in [0.29, 0.717) is 0 Å². The predicted octanol–water partition coefficient (Wildman–Crippen LogP) is 2.30. The number of aromatic nitrogens is 2. The summed E-state index contributed by atoms with van der Waals surface area (Å²) in [5.74, 6) is 2.86. The van der Waals surface area contributed by atoms with Crippen molar-refractivity contribution >= 4 is 11.0 Å². The van der Waals surface area contributed by atoms with Gasteiger partial charge in [0.2, 0.25) is 0 Å². The van der Waals surface area contributed by atoms with Crippen molar-refractivity contribution in [3.8, 4) is 12.3 Å². The number of rotatable bonds is 1. The van der Waals surface area contributed by atoms with Crippen LogP contribution in [-0.4, -0.2) is 9.97 Å². The number of fused-ring (bicyclic) bond motifs is 1. The van der Waals surface area contributed by atoms with Gasteiger partial charge < -0.3 is 4.98 Å². The molecule has 1 aromatic carbocycles. The van der Waals surface area contributed by atoms with Crippen molar-refractivity contribution in [1.82, 2.24) is 9.97 Å². The predicted molar refractivity (Wildman–Crippen MR) is 53.3 cm³/mol. The fourth-order valence-electron chi connectivity index (χ4n) is 1.32. The molecule has 1 heterocycles. The molecule has 0 fully saturated rings. The third-order valence-corrected chi connectivity index (χ3v) is 2.19. The van der Waals surface area contributed by atoms with Crippen LogP contribution >= 0.6 is 0 Å². The van der Waals surface area contributed by atoms with Crippen molar-refractivity contribution in [1.29, 1.82) is 0 Å². The molecule has 0 aliphatic heterocycles. The molecule has 2 aromatic rings. The second-order valence-corrected chi connectivity index (χ2v) is 3.07. The number of H-pyrrole nitrogens is 1. The third-order valence-electron chi connectivity index (χ3n) is 2.19. The van der Waals surface area contributed by atoms with Crippen LogP contribution in [0.3, 0.4) is 0 Å². The number of nitrogens with zero attached hydrogens (tertiary/aromatic N) is 1.